The highest BCUT2D eigenvalue weighted by molar-refractivity contribution is 5.69. The van der Waals surface area contributed by atoms with Gasteiger partial charge in [-0.1, -0.05) is 0 Å². The molecule has 1 N–H and O–H groups in total. The Balaban J connectivity index is 2.10. The van der Waals surface area contributed by atoms with Crippen molar-refractivity contribution in [1.82, 2.24) is 4.90 Å². The van der Waals surface area contributed by atoms with Gasteiger partial charge < -0.3 is 9.84 Å². The van der Waals surface area contributed by atoms with Crippen LogP contribution < -0.4 is 0 Å². The van der Waals surface area contributed by atoms with Gasteiger partial charge in [0.1, 0.15) is 5.60 Å². The first-order valence-electron chi connectivity index (χ1n) is 6.58. The van der Waals surface area contributed by atoms with Gasteiger partial charge in [0.05, 0.1) is 12.1 Å². The molecule has 2 heterocycles. The van der Waals surface area contributed by atoms with Crippen molar-refractivity contribution in [1.29, 1.82) is 0 Å². The predicted molar refractivity (Wildman–Crippen MR) is 64.7 cm³/mol. The van der Waals surface area contributed by atoms with Crippen molar-refractivity contribution in [2.75, 3.05) is 0 Å². The Morgan fingerprint density at radius 1 is 1.24 bits per heavy atom. The van der Waals surface area contributed by atoms with E-state index in [-0.39, 0.29) is 24.3 Å². The van der Waals surface area contributed by atoms with Crippen LogP contribution in [-0.2, 0) is 4.74 Å². The third-order valence-corrected chi connectivity index (χ3v) is 3.63. The summed E-state index contributed by atoms with van der Waals surface area (Å²) in [6, 6.07) is 0.240. The Morgan fingerprint density at radius 2 is 1.94 bits per heavy atom. The van der Waals surface area contributed by atoms with Crippen molar-refractivity contribution in [3.63, 3.8) is 0 Å². The van der Waals surface area contributed by atoms with E-state index in [1.165, 1.54) is 0 Å². The first-order chi connectivity index (χ1) is 7.88. The van der Waals surface area contributed by atoms with Gasteiger partial charge in [-0.25, -0.2) is 4.79 Å². The number of carbonyl (C=O) groups excluding carboxylic acids is 1. The molecule has 2 aliphatic heterocycles. The maximum atomic E-state index is 12.2. The number of fused-ring (bicyclic) bond motifs is 2. The van der Waals surface area contributed by atoms with Crippen molar-refractivity contribution in [3.05, 3.63) is 0 Å². The zero-order valence-corrected chi connectivity index (χ0v) is 11.0. The number of ether oxygens (including phenoxy) is 1. The molecule has 0 unspecified atom stereocenters. The lowest BCUT2D eigenvalue weighted by molar-refractivity contribution is -0.0605. The molecule has 2 fully saturated rings. The van der Waals surface area contributed by atoms with Crippen molar-refractivity contribution in [2.45, 2.75) is 76.7 Å². The van der Waals surface area contributed by atoms with Crippen LogP contribution in [0.1, 0.15) is 52.9 Å². The van der Waals surface area contributed by atoms with Crippen LogP contribution in [0.4, 0.5) is 4.79 Å². The molecular formula is C13H23NO3. The Bertz CT molecular complexity index is 298. The van der Waals surface area contributed by atoms with Gasteiger partial charge in [-0.15, -0.1) is 0 Å². The molecule has 0 radical (unpaired) electrons. The minimum atomic E-state index is -0.465. The Kier molecular flexibility index (Phi) is 3.34. The van der Waals surface area contributed by atoms with Crippen molar-refractivity contribution >= 4 is 6.09 Å². The molecule has 17 heavy (non-hydrogen) atoms. The highest BCUT2D eigenvalue weighted by Gasteiger charge is 2.43. The topological polar surface area (TPSA) is 49.8 Å². The number of nitrogens with zero attached hydrogens (tertiary/aromatic N) is 1. The van der Waals surface area contributed by atoms with E-state index in [0.29, 0.717) is 0 Å². The lowest BCUT2D eigenvalue weighted by atomic mass is 9.83. The number of aliphatic hydroxyl groups is 1. The van der Waals surface area contributed by atoms with E-state index < -0.39 is 5.60 Å². The predicted octanol–water partition coefficient (Wildman–Crippen LogP) is 2.30. The van der Waals surface area contributed by atoms with E-state index in [2.05, 4.69) is 0 Å². The van der Waals surface area contributed by atoms with Crippen LogP contribution in [0.3, 0.4) is 0 Å². The van der Waals surface area contributed by atoms with Crippen LogP contribution in [0, 0.1) is 0 Å². The van der Waals surface area contributed by atoms with Crippen LogP contribution in [0.25, 0.3) is 0 Å². The summed E-state index contributed by atoms with van der Waals surface area (Å²) in [5, 5.41) is 9.99. The Morgan fingerprint density at radius 3 is 2.59 bits per heavy atom. The standard InChI is InChI=1S/C13H23NO3/c1-13(2,3)17-12(16)14-9-5-4-6-10(14)11(15)8-7-9/h9-11,15H,4-8H2,1-3H3/t9-,10-,11-/m0/s1. The second-order valence-electron chi connectivity index (χ2n) is 6.18. The number of amides is 1. The number of carbonyl (C=O) groups is 1. The van der Waals surface area contributed by atoms with E-state index in [9.17, 15) is 9.90 Å². The summed E-state index contributed by atoms with van der Waals surface area (Å²) in [4.78, 5) is 14.0. The third-order valence-electron chi connectivity index (χ3n) is 3.63. The second kappa shape index (κ2) is 4.48. The molecule has 0 aliphatic carbocycles. The summed E-state index contributed by atoms with van der Waals surface area (Å²) >= 11 is 0. The van der Waals surface area contributed by atoms with Gasteiger partial charge in [-0.3, -0.25) is 4.90 Å². The molecule has 2 bridgehead atoms. The van der Waals surface area contributed by atoms with Crippen LogP contribution in [0.5, 0.6) is 0 Å². The Labute approximate surface area is 103 Å². The number of rotatable bonds is 0. The fraction of sp³-hybridized carbons (Fsp3) is 0.923. The van der Waals surface area contributed by atoms with Crippen molar-refractivity contribution < 1.29 is 14.6 Å². The van der Waals surface area contributed by atoms with Crippen molar-refractivity contribution in [2.24, 2.45) is 0 Å². The largest absolute Gasteiger partial charge is 0.444 e. The SMILES string of the molecule is CC(C)(C)OC(=O)N1[C@H]2CCC[C@H]1[C@@H](O)CC2. The first-order valence-corrected chi connectivity index (χ1v) is 6.58. The number of aliphatic hydroxyl groups excluding tert-OH is 1. The molecule has 0 saturated carbocycles. The molecule has 0 aromatic heterocycles. The molecule has 2 aliphatic rings. The highest BCUT2D eigenvalue weighted by Crippen LogP contribution is 2.35. The monoisotopic (exact) mass is 241 g/mol. The molecule has 2 rings (SSSR count). The fourth-order valence-electron chi connectivity index (χ4n) is 2.93. The normalized spacial score (nSPS) is 33.4. The summed E-state index contributed by atoms with van der Waals surface area (Å²) in [5.41, 5.74) is -0.465. The maximum absolute atomic E-state index is 12.2. The molecule has 0 spiro atoms. The van der Waals surface area contributed by atoms with Crippen LogP contribution >= 0.6 is 0 Å². The highest BCUT2D eigenvalue weighted by atomic mass is 16.6. The van der Waals surface area contributed by atoms with Crippen LogP contribution in [0.15, 0.2) is 0 Å². The van der Waals surface area contributed by atoms with Gasteiger partial charge in [-0.2, -0.15) is 0 Å². The van der Waals surface area contributed by atoms with E-state index >= 15 is 0 Å². The molecule has 4 heteroatoms. The minimum Gasteiger partial charge on any atom is -0.444 e. The zero-order valence-electron chi connectivity index (χ0n) is 11.0. The van der Waals surface area contributed by atoms with Crippen molar-refractivity contribution in [3.8, 4) is 0 Å². The van der Waals surface area contributed by atoms with Crippen LogP contribution in [0.2, 0.25) is 0 Å². The summed E-state index contributed by atoms with van der Waals surface area (Å²) in [6.07, 6.45) is 4.13. The summed E-state index contributed by atoms with van der Waals surface area (Å²) in [7, 11) is 0. The molecule has 0 aromatic rings. The minimum absolute atomic E-state index is 0.0302. The Hall–Kier alpha value is -0.770. The number of piperidine rings is 2. The summed E-state index contributed by atoms with van der Waals surface area (Å²) < 4.78 is 5.44. The zero-order chi connectivity index (χ0) is 12.6. The van der Waals surface area contributed by atoms with E-state index in [4.69, 9.17) is 4.74 Å². The van der Waals surface area contributed by atoms with Gasteiger partial charge >= 0.3 is 6.09 Å². The van der Waals surface area contributed by atoms with Gasteiger partial charge in [0.2, 0.25) is 0 Å². The average Bonchev–Trinajstić information content (AvgIpc) is 2.21. The van der Waals surface area contributed by atoms with E-state index in [1.54, 1.807) is 4.90 Å². The molecule has 4 nitrogen and oxygen atoms in total. The van der Waals surface area contributed by atoms with E-state index in [0.717, 1.165) is 32.1 Å². The van der Waals surface area contributed by atoms with Gasteiger partial charge in [-0.05, 0) is 52.9 Å². The summed E-state index contributed by atoms with van der Waals surface area (Å²) in [5.74, 6) is 0. The molecule has 2 saturated heterocycles. The summed E-state index contributed by atoms with van der Waals surface area (Å²) in [6.45, 7) is 5.63. The fourth-order valence-corrected chi connectivity index (χ4v) is 2.93. The van der Waals surface area contributed by atoms with Crippen LogP contribution in [-0.4, -0.2) is 39.9 Å². The lowest BCUT2D eigenvalue weighted by Gasteiger charge is -2.48. The maximum Gasteiger partial charge on any atom is 0.410 e. The lowest BCUT2D eigenvalue weighted by Crippen LogP contribution is -2.59. The first kappa shape index (κ1) is 12.7. The quantitative estimate of drug-likeness (QED) is 0.708. The number of hydrogen-bond acceptors (Lipinski definition) is 3. The molecule has 1 amide bonds. The molecule has 98 valence electrons. The second-order valence-corrected chi connectivity index (χ2v) is 6.18. The smallest absolute Gasteiger partial charge is 0.410 e. The van der Waals surface area contributed by atoms with E-state index in [1.807, 2.05) is 20.8 Å². The average molecular weight is 241 g/mol. The number of hydrogen-bond donors (Lipinski definition) is 1. The van der Waals surface area contributed by atoms with Gasteiger partial charge in [0.25, 0.3) is 0 Å². The van der Waals surface area contributed by atoms with Gasteiger partial charge in [0, 0.05) is 6.04 Å². The molecular weight excluding hydrogens is 218 g/mol. The molecule has 3 atom stereocenters. The van der Waals surface area contributed by atoms with Gasteiger partial charge in [0.15, 0.2) is 0 Å². The molecule has 0 aromatic carbocycles. The third kappa shape index (κ3) is 2.73.